The molecule has 2 nitrogen and oxygen atoms in total. The molecule has 60 valence electrons. The van der Waals surface area contributed by atoms with Crippen molar-refractivity contribution in [1.29, 1.82) is 0 Å². The smallest absolute Gasteiger partial charge is 0.159 e. The summed E-state index contributed by atoms with van der Waals surface area (Å²) in [5.74, 6) is 0.596. The molecule has 4 heteroatoms. The third-order valence-electron chi connectivity index (χ3n) is 1.83. The van der Waals surface area contributed by atoms with Gasteiger partial charge in [0.2, 0.25) is 0 Å². The Morgan fingerprint density at radius 2 is 2.64 bits per heavy atom. The van der Waals surface area contributed by atoms with Crippen molar-refractivity contribution in [3.8, 4) is 0 Å². The number of nitrogens with zero attached hydrogens (tertiary/aromatic N) is 1. The summed E-state index contributed by atoms with van der Waals surface area (Å²) in [4.78, 5) is 5.48. The van der Waals surface area contributed by atoms with E-state index in [2.05, 4.69) is 20.9 Å². The summed E-state index contributed by atoms with van der Waals surface area (Å²) >= 11 is 5.06. The quantitative estimate of drug-likeness (QED) is 0.744. The van der Waals surface area contributed by atoms with Crippen LogP contribution in [0.3, 0.4) is 0 Å². The topological polar surface area (TPSA) is 22.1 Å². The maximum atomic E-state index is 5.28. The number of hydrogen-bond donors (Lipinski definition) is 0. The first kappa shape index (κ1) is 7.71. The summed E-state index contributed by atoms with van der Waals surface area (Å²) in [5.41, 5.74) is 0. The highest BCUT2D eigenvalue weighted by Crippen LogP contribution is 2.31. The molecule has 1 aliphatic rings. The van der Waals surface area contributed by atoms with E-state index < -0.39 is 0 Å². The van der Waals surface area contributed by atoms with Crippen molar-refractivity contribution in [3.05, 3.63) is 15.0 Å². The largest absolute Gasteiger partial charge is 0.381 e. The molecule has 0 saturated carbocycles. The van der Waals surface area contributed by atoms with Crippen LogP contribution in [0.25, 0.3) is 0 Å². The van der Waals surface area contributed by atoms with Crippen LogP contribution >= 0.6 is 27.3 Å². The molecular formula is C7H8BrNOS. The van der Waals surface area contributed by atoms with Gasteiger partial charge in [0.1, 0.15) is 0 Å². The fourth-order valence-electron chi connectivity index (χ4n) is 1.21. The Hall–Kier alpha value is 0.0700. The predicted molar refractivity (Wildman–Crippen MR) is 48.0 cm³/mol. The molecule has 0 amide bonds. The molecule has 0 aliphatic carbocycles. The fourth-order valence-corrected chi connectivity index (χ4v) is 2.63. The van der Waals surface area contributed by atoms with Gasteiger partial charge in [-0.05, 0) is 22.4 Å². The highest BCUT2D eigenvalue weighted by atomic mass is 79.9. The summed E-state index contributed by atoms with van der Waals surface area (Å²) in [5, 5.41) is 0. The molecule has 1 atom stereocenters. The second-order valence-corrected chi connectivity index (χ2v) is 4.91. The first-order valence-electron chi connectivity index (χ1n) is 3.55. The number of rotatable bonds is 1. The Morgan fingerprint density at radius 3 is 3.18 bits per heavy atom. The van der Waals surface area contributed by atoms with E-state index in [0.29, 0.717) is 5.92 Å². The van der Waals surface area contributed by atoms with Gasteiger partial charge in [-0.25, -0.2) is 4.98 Å². The lowest BCUT2D eigenvalue weighted by molar-refractivity contribution is 0.194. The van der Waals surface area contributed by atoms with Gasteiger partial charge >= 0.3 is 0 Å². The van der Waals surface area contributed by atoms with E-state index >= 15 is 0 Å². The minimum Gasteiger partial charge on any atom is -0.381 e. The third-order valence-corrected chi connectivity index (χ3v) is 3.47. The highest BCUT2D eigenvalue weighted by Gasteiger charge is 2.19. The van der Waals surface area contributed by atoms with E-state index in [0.717, 1.165) is 23.6 Å². The first-order valence-corrected chi connectivity index (χ1v) is 5.16. The van der Waals surface area contributed by atoms with Gasteiger partial charge < -0.3 is 4.74 Å². The molecule has 0 spiro atoms. The number of halogens is 1. The van der Waals surface area contributed by atoms with Gasteiger partial charge in [-0.15, -0.1) is 11.3 Å². The average molecular weight is 234 g/mol. The van der Waals surface area contributed by atoms with E-state index in [1.165, 1.54) is 4.88 Å². The van der Waals surface area contributed by atoms with Crippen molar-refractivity contribution >= 4 is 27.3 Å². The van der Waals surface area contributed by atoms with E-state index in [-0.39, 0.29) is 0 Å². The third kappa shape index (κ3) is 1.63. The maximum Gasteiger partial charge on any atom is 0.159 e. The van der Waals surface area contributed by atoms with Crippen molar-refractivity contribution in [2.24, 2.45) is 0 Å². The van der Waals surface area contributed by atoms with E-state index in [4.69, 9.17) is 4.74 Å². The number of hydrogen-bond acceptors (Lipinski definition) is 3. The lowest BCUT2D eigenvalue weighted by Crippen LogP contribution is -1.92. The Labute approximate surface area is 77.7 Å². The van der Waals surface area contributed by atoms with Gasteiger partial charge in [0.25, 0.3) is 0 Å². The zero-order valence-electron chi connectivity index (χ0n) is 5.92. The van der Waals surface area contributed by atoms with Crippen molar-refractivity contribution in [3.63, 3.8) is 0 Å². The van der Waals surface area contributed by atoms with Crippen LogP contribution in [-0.2, 0) is 4.74 Å². The first-order chi connectivity index (χ1) is 5.36. The molecule has 0 bridgehead atoms. The van der Waals surface area contributed by atoms with Gasteiger partial charge in [0, 0.05) is 23.6 Å². The maximum absolute atomic E-state index is 5.28. The molecule has 1 aliphatic heterocycles. The SMILES string of the molecule is Brc1ncc(C2CCOC2)s1. The minimum atomic E-state index is 0.596. The Morgan fingerprint density at radius 1 is 1.73 bits per heavy atom. The van der Waals surface area contributed by atoms with Crippen molar-refractivity contribution in [2.75, 3.05) is 13.2 Å². The molecule has 1 saturated heterocycles. The molecule has 1 fully saturated rings. The molecule has 1 unspecified atom stereocenters. The van der Waals surface area contributed by atoms with Crippen LogP contribution in [-0.4, -0.2) is 18.2 Å². The molecule has 1 aromatic rings. The van der Waals surface area contributed by atoms with Gasteiger partial charge in [0.15, 0.2) is 3.92 Å². The number of aromatic nitrogens is 1. The van der Waals surface area contributed by atoms with Crippen molar-refractivity contribution in [2.45, 2.75) is 12.3 Å². The molecule has 0 radical (unpaired) electrons. The number of ether oxygens (including phenoxy) is 1. The summed E-state index contributed by atoms with van der Waals surface area (Å²) in [6.45, 7) is 1.77. The Kier molecular flexibility index (Phi) is 2.25. The van der Waals surface area contributed by atoms with Gasteiger partial charge in [0.05, 0.1) is 6.61 Å². The average Bonchev–Trinajstić information content (AvgIpc) is 2.55. The Balaban J connectivity index is 2.15. The molecular weight excluding hydrogens is 226 g/mol. The van der Waals surface area contributed by atoms with Crippen LogP contribution in [0.1, 0.15) is 17.2 Å². The van der Waals surface area contributed by atoms with E-state index in [9.17, 15) is 0 Å². The van der Waals surface area contributed by atoms with E-state index in [1.54, 1.807) is 11.3 Å². The Bertz CT molecular complexity index is 244. The zero-order chi connectivity index (χ0) is 7.68. The van der Waals surface area contributed by atoms with Crippen LogP contribution in [0.4, 0.5) is 0 Å². The summed E-state index contributed by atoms with van der Waals surface area (Å²) < 4.78 is 6.26. The van der Waals surface area contributed by atoms with Crippen molar-refractivity contribution < 1.29 is 4.74 Å². The van der Waals surface area contributed by atoms with Gasteiger partial charge in [-0.1, -0.05) is 0 Å². The highest BCUT2D eigenvalue weighted by molar-refractivity contribution is 9.11. The molecule has 2 rings (SSSR count). The standard InChI is InChI=1S/C7H8BrNOS/c8-7-9-3-6(11-7)5-1-2-10-4-5/h3,5H,1-2,4H2. The molecule has 11 heavy (non-hydrogen) atoms. The monoisotopic (exact) mass is 233 g/mol. The summed E-state index contributed by atoms with van der Waals surface area (Å²) in [6.07, 6.45) is 3.09. The predicted octanol–water partition coefficient (Wildman–Crippen LogP) is 2.41. The van der Waals surface area contributed by atoms with Crippen LogP contribution in [0.5, 0.6) is 0 Å². The molecule has 1 aromatic heterocycles. The lowest BCUT2D eigenvalue weighted by atomic mass is 10.1. The summed E-state index contributed by atoms with van der Waals surface area (Å²) in [7, 11) is 0. The summed E-state index contributed by atoms with van der Waals surface area (Å²) in [6, 6.07) is 0. The van der Waals surface area contributed by atoms with Crippen LogP contribution in [0.2, 0.25) is 0 Å². The lowest BCUT2D eigenvalue weighted by Gasteiger charge is -2.00. The van der Waals surface area contributed by atoms with Crippen LogP contribution in [0, 0.1) is 0 Å². The van der Waals surface area contributed by atoms with Crippen molar-refractivity contribution in [1.82, 2.24) is 4.98 Å². The number of thiazole rings is 1. The second-order valence-electron chi connectivity index (χ2n) is 2.58. The van der Waals surface area contributed by atoms with E-state index in [1.807, 2.05) is 6.20 Å². The molecule has 0 aromatic carbocycles. The van der Waals surface area contributed by atoms with Gasteiger partial charge in [-0.3, -0.25) is 0 Å². The second kappa shape index (κ2) is 3.21. The normalized spacial score (nSPS) is 24.3. The van der Waals surface area contributed by atoms with Crippen LogP contribution < -0.4 is 0 Å². The zero-order valence-corrected chi connectivity index (χ0v) is 8.32. The van der Waals surface area contributed by atoms with Crippen LogP contribution in [0.15, 0.2) is 10.1 Å². The minimum absolute atomic E-state index is 0.596. The molecule has 0 N–H and O–H groups in total. The fraction of sp³-hybridized carbons (Fsp3) is 0.571. The van der Waals surface area contributed by atoms with Gasteiger partial charge in [-0.2, -0.15) is 0 Å². The molecule has 2 heterocycles.